The Morgan fingerprint density at radius 3 is 0.524 bits per heavy atom. The maximum atomic E-state index is 12.4. The fraction of sp³-hybridized carbons (Fsp3) is 0.855. The standard InChI is InChI=1S/C28H62O11Si6.C14H32O6Si3.C4H6O3.9CH4/c1-40(2,21-13-17-25(29)30)36-44(9,10)38-42(5,6)23-15-19-27(33)35-28(34)20-16-24-43(7,8)39-45(11,12)37-41(3,4)22-14-18-26(31)32;1-21(2,11-7-9-13(15)16)19-23(5,6)20-22(3,4)12-8-10-14(17)18;1-3(5)7-4(2)6;;;;;;;;;/h13-24H2,1-12H3,(H,29,30)(H,31,32);7-12H2,1-6H3,(H,15,16)(H,17,18);1-2H3;9*1H4. The van der Waals surface area contributed by atoms with Crippen LogP contribution in [-0.4, -0.2) is 144 Å². The number of ether oxygens (including phenoxy) is 2. The van der Waals surface area contributed by atoms with Gasteiger partial charge in [-0.3, -0.25) is 38.4 Å². The Labute approximate surface area is 525 Å². The summed E-state index contributed by atoms with van der Waals surface area (Å²) in [4.78, 5) is 87.3. The second kappa shape index (κ2) is 49.7. The first-order valence-corrected chi connectivity index (χ1v) is 53.2. The van der Waals surface area contributed by atoms with Gasteiger partial charge < -0.3 is 54.6 Å². The third-order valence-electron chi connectivity index (χ3n) is 10.6. The maximum absolute atomic E-state index is 12.4. The number of carbonyl (C=O) groups excluding carboxylic acids is 4. The number of hydrogen-bond donors (Lipinski definition) is 4. The average Bonchev–Trinajstić information content (AvgIpc) is 3.10. The second-order valence-corrected chi connectivity index (χ2v) is 61.4. The number of esters is 4. The van der Waals surface area contributed by atoms with Crippen LogP contribution < -0.4 is 0 Å². The summed E-state index contributed by atoms with van der Waals surface area (Å²) in [5, 5.41) is 35.3. The number of carboxylic acid groups (broad SMARTS) is 4. The van der Waals surface area contributed by atoms with Gasteiger partial charge in [-0.05, 0) is 193 Å². The van der Waals surface area contributed by atoms with Crippen molar-refractivity contribution >= 4 is 123 Å². The Morgan fingerprint density at radius 1 is 0.262 bits per heavy atom. The van der Waals surface area contributed by atoms with Crippen LogP contribution in [0.4, 0.5) is 0 Å². The van der Waals surface area contributed by atoms with Gasteiger partial charge in [0.25, 0.3) is 0 Å². The molecule has 0 aromatic heterocycles. The summed E-state index contributed by atoms with van der Waals surface area (Å²) >= 11 is 0. The van der Waals surface area contributed by atoms with Gasteiger partial charge in [-0.2, -0.15) is 0 Å². The van der Waals surface area contributed by atoms with Crippen LogP contribution in [0.1, 0.15) is 158 Å². The Bertz CT molecular complexity index is 1700. The van der Waals surface area contributed by atoms with E-state index >= 15 is 0 Å². The highest BCUT2D eigenvalue weighted by molar-refractivity contribution is 6.89. The van der Waals surface area contributed by atoms with Crippen LogP contribution in [0.15, 0.2) is 0 Å². The van der Waals surface area contributed by atoms with E-state index in [1.54, 1.807) is 0 Å². The van der Waals surface area contributed by atoms with E-state index < -0.39 is 123 Å². The molecule has 0 radical (unpaired) electrons. The molecule has 0 aliphatic carbocycles. The van der Waals surface area contributed by atoms with Gasteiger partial charge in [0.1, 0.15) is 0 Å². The number of carbonyl (C=O) groups is 8. The minimum atomic E-state index is -2.45. The SMILES string of the molecule is C.C.C.C.C.C.C.C.C.CC(=O)OC(C)=O.C[Si](C)(CCCC(=O)O)O[Si](C)(C)O[Si](C)(C)CCCC(=O)O.C[Si](C)(CCCC(=O)O)O[Si](C)(C)O[Si](C)(C)CCCC(=O)OC(=O)CCC[Si](C)(C)O[Si](C)(C)O[Si](C)(C)CCCC(=O)O. The van der Waals surface area contributed by atoms with Crippen molar-refractivity contribution in [2.24, 2.45) is 0 Å². The molecule has 0 aromatic rings. The largest absolute Gasteiger partial charge is 0.481 e. The zero-order chi connectivity index (χ0) is 59.5. The van der Waals surface area contributed by atoms with Crippen LogP contribution in [-0.2, 0) is 72.5 Å². The van der Waals surface area contributed by atoms with Crippen LogP contribution in [0.3, 0.4) is 0 Å². The molecule has 0 saturated heterocycles. The normalized spacial score (nSPS) is 11.5. The lowest BCUT2D eigenvalue weighted by molar-refractivity contribution is -0.160. The van der Waals surface area contributed by atoms with Gasteiger partial charge in [-0.15, -0.1) is 0 Å². The highest BCUT2D eigenvalue weighted by Crippen LogP contribution is 2.30. The second-order valence-electron chi connectivity index (χ2n) is 24.0. The summed E-state index contributed by atoms with van der Waals surface area (Å²) in [6.07, 6.45) is 4.55. The molecule has 0 rings (SSSR count). The van der Waals surface area contributed by atoms with Crippen molar-refractivity contribution in [3.8, 4) is 0 Å². The highest BCUT2D eigenvalue weighted by atomic mass is 28.5. The zero-order valence-corrected chi connectivity index (χ0v) is 58.5. The molecule has 4 N–H and O–H groups in total. The molecule has 29 heteroatoms. The molecule has 0 aliphatic heterocycles. The molecule has 0 aromatic carbocycles. The van der Waals surface area contributed by atoms with E-state index in [4.69, 9.17) is 49.9 Å². The Hall–Kier alpha value is -2.13. The zero-order valence-electron chi connectivity index (χ0n) is 49.5. The van der Waals surface area contributed by atoms with E-state index in [-0.39, 0.29) is 105 Å². The Morgan fingerprint density at radius 2 is 0.405 bits per heavy atom. The first-order valence-electron chi connectivity index (χ1n) is 26.0. The predicted octanol–water partition coefficient (Wildman–Crippen LogP) is 17.3. The van der Waals surface area contributed by atoms with Crippen molar-refractivity contribution in [3.05, 3.63) is 0 Å². The van der Waals surface area contributed by atoms with E-state index in [0.29, 0.717) is 38.5 Å². The van der Waals surface area contributed by atoms with Crippen molar-refractivity contribution in [3.63, 3.8) is 0 Å². The highest BCUT2D eigenvalue weighted by Gasteiger charge is 2.42. The molecule has 512 valence electrons. The molecular weight excluding hydrogens is 1230 g/mol. The molecule has 0 heterocycles. The van der Waals surface area contributed by atoms with Crippen molar-refractivity contribution < 1.29 is 92.9 Å². The number of carboxylic acids is 4. The molecule has 0 saturated carbocycles. The summed E-state index contributed by atoms with van der Waals surface area (Å²) in [6.45, 7) is 39.8. The fourth-order valence-electron chi connectivity index (χ4n) is 8.77. The van der Waals surface area contributed by atoms with Crippen molar-refractivity contribution in [1.29, 1.82) is 0 Å². The van der Waals surface area contributed by atoms with E-state index in [1.165, 1.54) is 13.8 Å². The topological polar surface area (TPSA) is 291 Å². The minimum absolute atomic E-state index is 0. The molecule has 84 heavy (non-hydrogen) atoms. The number of aliphatic carboxylic acids is 4. The minimum Gasteiger partial charge on any atom is -0.481 e. The van der Waals surface area contributed by atoms with Gasteiger partial charge in [0, 0.05) is 52.4 Å². The molecular formula is C55H136O20Si9. The summed E-state index contributed by atoms with van der Waals surface area (Å²) in [5.41, 5.74) is 0. The number of hydrogen-bond acceptors (Lipinski definition) is 16. The average molecular weight is 1370 g/mol. The third-order valence-corrected chi connectivity index (χ3v) is 45.1. The van der Waals surface area contributed by atoms with Crippen molar-refractivity contribution in [2.75, 3.05) is 0 Å². The molecule has 0 aliphatic rings. The lowest BCUT2D eigenvalue weighted by atomic mass is 10.3. The first-order chi connectivity index (χ1) is 33.5. The van der Waals surface area contributed by atoms with E-state index in [9.17, 15) is 38.4 Å². The van der Waals surface area contributed by atoms with Gasteiger partial charge in [0.15, 0.2) is 49.9 Å². The summed E-state index contributed by atoms with van der Waals surface area (Å²) < 4.78 is 47.8. The summed E-state index contributed by atoms with van der Waals surface area (Å²) in [6, 6.07) is 4.60. The predicted molar refractivity (Wildman–Crippen MR) is 373 cm³/mol. The lowest BCUT2D eigenvalue weighted by Gasteiger charge is -2.38. The summed E-state index contributed by atoms with van der Waals surface area (Å²) in [7, 11) is -19.5. The van der Waals surface area contributed by atoms with Gasteiger partial charge >= 0.3 is 73.4 Å². The monoisotopic (exact) mass is 1370 g/mol. The van der Waals surface area contributed by atoms with Crippen LogP contribution in [0.25, 0.3) is 0 Å². The van der Waals surface area contributed by atoms with Gasteiger partial charge in [0.2, 0.25) is 0 Å². The molecule has 0 unspecified atom stereocenters. The van der Waals surface area contributed by atoms with Gasteiger partial charge in [-0.1, -0.05) is 66.8 Å². The smallest absolute Gasteiger partial charge is 0.313 e. The molecule has 20 nitrogen and oxygen atoms in total. The van der Waals surface area contributed by atoms with Crippen LogP contribution >= 0.6 is 0 Å². The van der Waals surface area contributed by atoms with Crippen molar-refractivity contribution in [1.82, 2.24) is 0 Å². The lowest BCUT2D eigenvalue weighted by Crippen LogP contribution is -2.52. The van der Waals surface area contributed by atoms with Crippen LogP contribution in [0.5, 0.6) is 0 Å². The van der Waals surface area contributed by atoms with E-state index in [0.717, 1.165) is 36.3 Å². The first kappa shape index (κ1) is 110. The van der Waals surface area contributed by atoms with Crippen LogP contribution in [0, 0.1) is 0 Å². The van der Waals surface area contributed by atoms with E-state index in [1.807, 2.05) is 39.3 Å². The quantitative estimate of drug-likeness (QED) is 0.0257. The van der Waals surface area contributed by atoms with Gasteiger partial charge in [0.05, 0.1) is 0 Å². The maximum Gasteiger partial charge on any atom is 0.313 e. The Kier molecular flexibility index (Phi) is 64.9. The third kappa shape index (κ3) is 70.6. The van der Waals surface area contributed by atoms with E-state index in [2.05, 4.69) is 83.3 Å². The molecule has 0 spiro atoms. The fourth-order valence-corrected chi connectivity index (χ4v) is 51.0. The molecule has 0 amide bonds. The summed E-state index contributed by atoms with van der Waals surface area (Å²) in [5.74, 6) is -5.29. The molecule has 0 bridgehead atoms. The molecule has 0 atom stereocenters. The van der Waals surface area contributed by atoms with Crippen LogP contribution in [0.2, 0.25) is 154 Å². The molecule has 0 fully saturated rings. The number of rotatable bonds is 36. The van der Waals surface area contributed by atoms with Crippen molar-refractivity contribution in [2.45, 2.75) is 312 Å². The Balaban J connectivity index is -0.000000113. The van der Waals surface area contributed by atoms with Gasteiger partial charge in [-0.25, -0.2) is 0 Å².